The van der Waals surface area contributed by atoms with Crippen molar-refractivity contribution in [2.45, 2.75) is 38.5 Å². The van der Waals surface area contributed by atoms with Crippen LogP contribution in [0.5, 0.6) is 5.75 Å². The summed E-state index contributed by atoms with van der Waals surface area (Å²) in [6.07, 6.45) is 6.25. The van der Waals surface area contributed by atoms with Gasteiger partial charge in [-0.15, -0.1) is 0 Å². The van der Waals surface area contributed by atoms with Gasteiger partial charge in [-0.25, -0.2) is 0 Å². The fourth-order valence-electron chi connectivity index (χ4n) is 2.41. The minimum atomic E-state index is 0.290. The first kappa shape index (κ1) is 13.9. The number of carbonyl (C=O) groups is 1. The van der Waals surface area contributed by atoms with Gasteiger partial charge in [0.25, 0.3) is 0 Å². The van der Waals surface area contributed by atoms with Crippen LogP contribution in [0.1, 0.15) is 38.5 Å². The second-order valence-corrected chi connectivity index (χ2v) is 5.06. The lowest BCUT2D eigenvalue weighted by molar-refractivity contribution is -0.131. The maximum Gasteiger partial charge on any atom is 0.222 e. The van der Waals surface area contributed by atoms with E-state index in [1.165, 1.54) is 12.8 Å². The molecule has 3 nitrogen and oxygen atoms in total. The van der Waals surface area contributed by atoms with Crippen molar-refractivity contribution < 1.29 is 9.53 Å². The van der Waals surface area contributed by atoms with Gasteiger partial charge in [0.15, 0.2) is 0 Å². The molecule has 0 bridgehead atoms. The molecule has 0 aliphatic carbocycles. The van der Waals surface area contributed by atoms with Gasteiger partial charge in [-0.3, -0.25) is 4.79 Å². The SMILES string of the molecule is O=C(CCCOc1ccccc1)N1CCCCCC1. The zero-order valence-corrected chi connectivity index (χ0v) is 11.5. The van der Waals surface area contributed by atoms with Gasteiger partial charge in [0.1, 0.15) is 5.75 Å². The van der Waals surface area contributed by atoms with Gasteiger partial charge in [0, 0.05) is 19.5 Å². The Morgan fingerprint density at radius 3 is 2.42 bits per heavy atom. The molecule has 1 aromatic carbocycles. The Hall–Kier alpha value is -1.51. The van der Waals surface area contributed by atoms with Crippen LogP contribution < -0.4 is 4.74 Å². The summed E-state index contributed by atoms with van der Waals surface area (Å²) in [6, 6.07) is 9.76. The standard InChI is InChI=1S/C16H23NO2/c18-16(17-12-6-1-2-7-13-17)11-8-14-19-15-9-4-3-5-10-15/h3-5,9-10H,1-2,6-8,11-14H2. The van der Waals surface area contributed by atoms with E-state index < -0.39 is 0 Å². The van der Waals surface area contributed by atoms with E-state index >= 15 is 0 Å². The number of ether oxygens (including phenoxy) is 1. The molecule has 1 heterocycles. The van der Waals surface area contributed by atoms with Gasteiger partial charge in [0.2, 0.25) is 5.91 Å². The average molecular weight is 261 g/mol. The summed E-state index contributed by atoms with van der Waals surface area (Å²) in [5.74, 6) is 1.17. The maximum absolute atomic E-state index is 12.0. The van der Waals surface area contributed by atoms with Crippen LogP contribution in [0, 0.1) is 0 Å². The van der Waals surface area contributed by atoms with Gasteiger partial charge in [-0.05, 0) is 31.4 Å². The summed E-state index contributed by atoms with van der Waals surface area (Å²) in [5, 5.41) is 0. The number of para-hydroxylation sites is 1. The molecule has 2 rings (SSSR count). The molecule has 0 N–H and O–H groups in total. The summed E-state index contributed by atoms with van der Waals surface area (Å²) in [4.78, 5) is 14.1. The molecule has 0 spiro atoms. The Balaban J connectivity index is 1.63. The van der Waals surface area contributed by atoms with E-state index in [1.807, 2.05) is 35.2 Å². The molecule has 1 amide bonds. The molecular formula is C16H23NO2. The molecule has 0 saturated carbocycles. The fraction of sp³-hybridized carbons (Fsp3) is 0.562. The second kappa shape index (κ2) is 7.82. The first-order valence-corrected chi connectivity index (χ1v) is 7.32. The molecule has 104 valence electrons. The first-order chi connectivity index (χ1) is 9.36. The molecule has 1 saturated heterocycles. The molecule has 1 aliphatic rings. The van der Waals surface area contributed by atoms with Crippen molar-refractivity contribution in [1.82, 2.24) is 4.90 Å². The van der Waals surface area contributed by atoms with E-state index in [0.717, 1.165) is 38.1 Å². The highest BCUT2D eigenvalue weighted by Gasteiger charge is 2.14. The minimum Gasteiger partial charge on any atom is -0.494 e. The number of benzene rings is 1. The molecule has 0 atom stereocenters. The predicted octanol–water partition coefficient (Wildman–Crippen LogP) is 3.25. The quantitative estimate of drug-likeness (QED) is 0.761. The van der Waals surface area contributed by atoms with Gasteiger partial charge in [0.05, 0.1) is 6.61 Å². The summed E-state index contributed by atoms with van der Waals surface area (Å²) < 4.78 is 5.60. The number of nitrogens with zero attached hydrogens (tertiary/aromatic N) is 1. The molecule has 0 aromatic heterocycles. The van der Waals surface area contributed by atoms with Gasteiger partial charge in [-0.2, -0.15) is 0 Å². The molecule has 1 fully saturated rings. The first-order valence-electron chi connectivity index (χ1n) is 7.32. The molecule has 0 unspecified atom stereocenters. The molecule has 1 aromatic rings. The summed E-state index contributed by atoms with van der Waals surface area (Å²) >= 11 is 0. The lowest BCUT2D eigenvalue weighted by atomic mass is 10.2. The van der Waals surface area contributed by atoms with Crippen LogP contribution >= 0.6 is 0 Å². The van der Waals surface area contributed by atoms with Gasteiger partial charge in [-0.1, -0.05) is 31.0 Å². The molecule has 0 radical (unpaired) electrons. The minimum absolute atomic E-state index is 0.290. The van der Waals surface area contributed by atoms with Crippen LogP contribution in [0.25, 0.3) is 0 Å². The van der Waals surface area contributed by atoms with Crippen molar-refractivity contribution in [2.24, 2.45) is 0 Å². The third-order valence-corrected chi connectivity index (χ3v) is 3.51. The van der Waals surface area contributed by atoms with E-state index in [1.54, 1.807) is 0 Å². The normalized spacial score (nSPS) is 15.9. The highest BCUT2D eigenvalue weighted by Crippen LogP contribution is 2.12. The number of rotatable bonds is 5. The summed E-state index contributed by atoms with van der Waals surface area (Å²) in [7, 11) is 0. The van der Waals surface area contributed by atoms with Crippen molar-refractivity contribution in [2.75, 3.05) is 19.7 Å². The predicted molar refractivity (Wildman–Crippen MR) is 76.2 cm³/mol. The smallest absolute Gasteiger partial charge is 0.222 e. The van der Waals surface area contributed by atoms with Crippen LogP contribution in [-0.2, 0) is 4.79 Å². The monoisotopic (exact) mass is 261 g/mol. The molecule has 3 heteroatoms. The topological polar surface area (TPSA) is 29.5 Å². The van der Waals surface area contributed by atoms with E-state index in [4.69, 9.17) is 4.74 Å². The number of carbonyl (C=O) groups excluding carboxylic acids is 1. The highest BCUT2D eigenvalue weighted by molar-refractivity contribution is 5.76. The van der Waals surface area contributed by atoms with E-state index in [9.17, 15) is 4.79 Å². The van der Waals surface area contributed by atoms with Crippen molar-refractivity contribution in [1.29, 1.82) is 0 Å². The van der Waals surface area contributed by atoms with Gasteiger partial charge < -0.3 is 9.64 Å². The number of likely N-dealkylation sites (tertiary alicyclic amines) is 1. The second-order valence-electron chi connectivity index (χ2n) is 5.06. The number of amides is 1. The molecule has 19 heavy (non-hydrogen) atoms. The van der Waals surface area contributed by atoms with Crippen LogP contribution in [0.3, 0.4) is 0 Å². The van der Waals surface area contributed by atoms with E-state index in [0.29, 0.717) is 18.9 Å². The van der Waals surface area contributed by atoms with Crippen LogP contribution in [0.2, 0.25) is 0 Å². The van der Waals surface area contributed by atoms with E-state index in [-0.39, 0.29) is 0 Å². The lowest BCUT2D eigenvalue weighted by Crippen LogP contribution is -2.31. The van der Waals surface area contributed by atoms with Crippen molar-refractivity contribution in [3.8, 4) is 5.75 Å². The number of hydrogen-bond acceptors (Lipinski definition) is 2. The lowest BCUT2D eigenvalue weighted by Gasteiger charge is -2.20. The van der Waals surface area contributed by atoms with E-state index in [2.05, 4.69) is 0 Å². The van der Waals surface area contributed by atoms with Gasteiger partial charge >= 0.3 is 0 Å². The highest BCUT2D eigenvalue weighted by atomic mass is 16.5. The zero-order valence-electron chi connectivity index (χ0n) is 11.5. The Morgan fingerprint density at radius 1 is 1.05 bits per heavy atom. The Morgan fingerprint density at radius 2 is 1.74 bits per heavy atom. The van der Waals surface area contributed by atoms with Crippen molar-refractivity contribution in [3.05, 3.63) is 30.3 Å². The average Bonchev–Trinajstić information content (AvgIpc) is 2.73. The Labute approximate surface area is 115 Å². The number of hydrogen-bond donors (Lipinski definition) is 0. The van der Waals surface area contributed by atoms with Crippen LogP contribution in [0.4, 0.5) is 0 Å². The Bertz CT molecular complexity index is 370. The molecular weight excluding hydrogens is 238 g/mol. The van der Waals surface area contributed by atoms with Crippen molar-refractivity contribution in [3.63, 3.8) is 0 Å². The van der Waals surface area contributed by atoms with Crippen LogP contribution in [-0.4, -0.2) is 30.5 Å². The van der Waals surface area contributed by atoms with Crippen molar-refractivity contribution >= 4 is 5.91 Å². The summed E-state index contributed by atoms with van der Waals surface area (Å²) in [5.41, 5.74) is 0. The largest absolute Gasteiger partial charge is 0.494 e. The summed E-state index contributed by atoms with van der Waals surface area (Å²) in [6.45, 7) is 2.50. The maximum atomic E-state index is 12.0. The Kier molecular flexibility index (Phi) is 5.73. The fourth-order valence-corrected chi connectivity index (χ4v) is 2.41. The third kappa shape index (κ3) is 4.93. The molecule has 1 aliphatic heterocycles. The zero-order chi connectivity index (χ0) is 13.3. The third-order valence-electron chi connectivity index (χ3n) is 3.51. The van der Waals surface area contributed by atoms with Crippen LogP contribution in [0.15, 0.2) is 30.3 Å².